The minimum Gasteiger partial charge on any atom is -0.311 e. The fourth-order valence-electron chi connectivity index (χ4n) is 6.33. The van der Waals surface area contributed by atoms with Crippen LogP contribution in [0.4, 0.5) is 28.4 Å². The van der Waals surface area contributed by atoms with E-state index in [2.05, 4.69) is 232 Å². The molecule has 2 nitrogen and oxygen atoms in total. The lowest BCUT2D eigenvalue weighted by Crippen LogP contribution is -2.15. The maximum Gasteiger partial charge on any atom is 0.0539 e. The molecule has 0 aliphatic rings. The van der Waals surface area contributed by atoms with Crippen LogP contribution in [-0.4, -0.2) is 0 Å². The number of benzene rings is 7. The SMILES string of the molecule is Cc1ccc(N(/C(=C/c2ccccc2)c2ccc(/C=C/c3ccc(N(c4ccc(C)cc4)c4ccc(C)cc4)cc3)cc2)c2ccc(C)cc2)cc1. The van der Waals surface area contributed by atoms with Crippen molar-refractivity contribution in [1.82, 2.24) is 0 Å². The van der Waals surface area contributed by atoms with Crippen molar-refractivity contribution >= 4 is 52.4 Å². The average Bonchev–Trinajstić information content (AvgIpc) is 3.18. The lowest BCUT2D eigenvalue weighted by atomic mass is 10.0. The molecule has 0 aromatic heterocycles. The van der Waals surface area contributed by atoms with Gasteiger partial charge in [0, 0.05) is 28.4 Å². The first kappa shape index (κ1) is 34.1. The number of aryl methyl sites for hydroxylation is 4. The molecule has 0 unspecified atom stereocenters. The molecule has 0 fully saturated rings. The topological polar surface area (TPSA) is 6.48 Å². The van der Waals surface area contributed by atoms with Crippen LogP contribution < -0.4 is 9.80 Å². The Labute approximate surface area is 309 Å². The van der Waals surface area contributed by atoms with Crippen molar-refractivity contribution in [3.8, 4) is 0 Å². The van der Waals surface area contributed by atoms with Crippen molar-refractivity contribution in [2.45, 2.75) is 27.7 Å². The Bertz CT molecular complexity index is 2170. The maximum absolute atomic E-state index is 2.36. The van der Waals surface area contributed by atoms with Gasteiger partial charge in [-0.05, 0) is 117 Å². The Kier molecular flexibility index (Phi) is 10.3. The molecule has 0 aliphatic heterocycles. The standard InChI is InChI=1S/C50H44N2/c1-37-10-26-45(27-11-37)51(46-28-12-38(2)13-29-46)47-34-22-42(23-35-47)19-18-41-20-24-44(25-21-41)50(36-43-8-6-5-7-9-43)52(48-30-14-39(3)15-31-48)49-32-16-40(4)17-33-49/h5-36H,1-4H3/b19-18+,50-36+. The van der Waals surface area contributed by atoms with E-state index in [9.17, 15) is 0 Å². The van der Waals surface area contributed by atoms with Gasteiger partial charge in [-0.1, -0.05) is 150 Å². The van der Waals surface area contributed by atoms with Gasteiger partial charge in [-0.3, -0.25) is 0 Å². The molecule has 0 spiro atoms. The van der Waals surface area contributed by atoms with Gasteiger partial charge in [-0.15, -0.1) is 0 Å². The molecular formula is C50H44N2. The fourth-order valence-corrected chi connectivity index (χ4v) is 6.33. The van der Waals surface area contributed by atoms with Crippen molar-refractivity contribution in [2.75, 3.05) is 9.80 Å². The molecule has 0 saturated heterocycles. The zero-order valence-corrected chi connectivity index (χ0v) is 30.4. The molecule has 7 rings (SSSR count). The fraction of sp³-hybridized carbons (Fsp3) is 0.0800. The van der Waals surface area contributed by atoms with Gasteiger partial charge in [0.15, 0.2) is 0 Å². The highest BCUT2D eigenvalue weighted by molar-refractivity contribution is 5.96. The van der Waals surface area contributed by atoms with E-state index in [0.29, 0.717) is 0 Å². The van der Waals surface area contributed by atoms with E-state index >= 15 is 0 Å². The summed E-state index contributed by atoms with van der Waals surface area (Å²) in [5, 5.41) is 0. The van der Waals surface area contributed by atoms with Gasteiger partial charge in [0.2, 0.25) is 0 Å². The molecule has 0 heterocycles. The normalized spacial score (nSPS) is 11.5. The first-order valence-corrected chi connectivity index (χ1v) is 17.9. The highest BCUT2D eigenvalue weighted by Crippen LogP contribution is 2.37. The zero-order valence-electron chi connectivity index (χ0n) is 30.4. The number of hydrogen-bond donors (Lipinski definition) is 0. The number of rotatable bonds is 10. The first-order chi connectivity index (χ1) is 25.4. The van der Waals surface area contributed by atoms with Crippen LogP contribution in [0.3, 0.4) is 0 Å². The van der Waals surface area contributed by atoms with Crippen LogP contribution >= 0.6 is 0 Å². The summed E-state index contributed by atoms with van der Waals surface area (Å²) in [5.41, 5.74) is 16.3. The minimum absolute atomic E-state index is 1.11. The summed E-state index contributed by atoms with van der Waals surface area (Å²) < 4.78 is 0. The van der Waals surface area contributed by atoms with Crippen LogP contribution in [0.2, 0.25) is 0 Å². The van der Waals surface area contributed by atoms with E-state index in [1.54, 1.807) is 0 Å². The summed E-state index contributed by atoms with van der Waals surface area (Å²) in [5.74, 6) is 0. The molecule has 7 aromatic rings. The Balaban J connectivity index is 1.18. The largest absolute Gasteiger partial charge is 0.311 e. The second kappa shape index (κ2) is 15.7. The molecule has 0 atom stereocenters. The third kappa shape index (κ3) is 8.15. The number of anilines is 5. The summed E-state index contributed by atoms with van der Waals surface area (Å²) in [6, 6.07) is 63.2. The summed E-state index contributed by atoms with van der Waals surface area (Å²) in [6.07, 6.45) is 6.66. The van der Waals surface area contributed by atoms with Crippen molar-refractivity contribution in [1.29, 1.82) is 0 Å². The quantitative estimate of drug-likeness (QED) is 0.133. The molecule has 0 aliphatic carbocycles. The summed E-state index contributed by atoms with van der Waals surface area (Å²) >= 11 is 0. The molecule has 2 heteroatoms. The van der Waals surface area contributed by atoms with Crippen molar-refractivity contribution in [2.24, 2.45) is 0 Å². The van der Waals surface area contributed by atoms with Gasteiger partial charge in [-0.25, -0.2) is 0 Å². The maximum atomic E-state index is 2.36. The monoisotopic (exact) mass is 672 g/mol. The summed E-state index contributed by atoms with van der Waals surface area (Å²) in [4.78, 5) is 4.66. The smallest absolute Gasteiger partial charge is 0.0539 e. The lowest BCUT2D eigenvalue weighted by molar-refractivity contribution is 1.27. The molecule has 254 valence electrons. The Morgan fingerprint density at radius 3 is 1.10 bits per heavy atom. The Hall–Kier alpha value is -6.38. The predicted octanol–water partition coefficient (Wildman–Crippen LogP) is 13.9. The minimum atomic E-state index is 1.11. The summed E-state index contributed by atoms with van der Waals surface area (Å²) in [6.45, 7) is 8.51. The van der Waals surface area contributed by atoms with E-state index in [1.165, 1.54) is 22.3 Å². The third-order valence-electron chi connectivity index (χ3n) is 9.34. The third-order valence-corrected chi connectivity index (χ3v) is 9.34. The van der Waals surface area contributed by atoms with Crippen LogP contribution in [0.15, 0.2) is 176 Å². The predicted molar refractivity (Wildman–Crippen MR) is 225 cm³/mol. The molecule has 7 aromatic carbocycles. The van der Waals surface area contributed by atoms with Crippen LogP contribution in [-0.2, 0) is 0 Å². The van der Waals surface area contributed by atoms with Gasteiger partial charge in [0.05, 0.1) is 5.70 Å². The van der Waals surface area contributed by atoms with Crippen LogP contribution in [0.1, 0.15) is 44.5 Å². The van der Waals surface area contributed by atoms with Gasteiger partial charge >= 0.3 is 0 Å². The van der Waals surface area contributed by atoms with E-state index < -0.39 is 0 Å². The van der Waals surface area contributed by atoms with Gasteiger partial charge in [0.1, 0.15) is 0 Å². The average molecular weight is 673 g/mol. The molecular weight excluding hydrogens is 629 g/mol. The van der Waals surface area contributed by atoms with E-state index in [0.717, 1.165) is 56.4 Å². The molecule has 0 N–H and O–H groups in total. The highest BCUT2D eigenvalue weighted by atomic mass is 15.2. The van der Waals surface area contributed by atoms with Crippen molar-refractivity contribution in [3.63, 3.8) is 0 Å². The second-order valence-corrected chi connectivity index (χ2v) is 13.5. The van der Waals surface area contributed by atoms with E-state index in [4.69, 9.17) is 0 Å². The number of hydrogen-bond acceptors (Lipinski definition) is 2. The molecule has 0 saturated carbocycles. The van der Waals surface area contributed by atoms with Crippen LogP contribution in [0.5, 0.6) is 0 Å². The zero-order chi connectivity index (χ0) is 35.9. The van der Waals surface area contributed by atoms with Crippen molar-refractivity contribution < 1.29 is 0 Å². The molecule has 0 amide bonds. The van der Waals surface area contributed by atoms with E-state index in [-0.39, 0.29) is 0 Å². The van der Waals surface area contributed by atoms with Gasteiger partial charge in [0.25, 0.3) is 0 Å². The van der Waals surface area contributed by atoms with Gasteiger partial charge in [-0.2, -0.15) is 0 Å². The van der Waals surface area contributed by atoms with E-state index in [1.807, 2.05) is 0 Å². The van der Waals surface area contributed by atoms with Crippen molar-refractivity contribution in [3.05, 3.63) is 220 Å². The highest BCUT2D eigenvalue weighted by Gasteiger charge is 2.17. The number of nitrogens with zero attached hydrogens (tertiary/aromatic N) is 2. The lowest BCUT2D eigenvalue weighted by Gasteiger charge is -2.29. The van der Waals surface area contributed by atoms with Crippen LogP contribution in [0, 0.1) is 27.7 Å². The summed E-state index contributed by atoms with van der Waals surface area (Å²) in [7, 11) is 0. The van der Waals surface area contributed by atoms with Crippen LogP contribution in [0.25, 0.3) is 23.9 Å². The Morgan fingerprint density at radius 2 is 0.692 bits per heavy atom. The second-order valence-electron chi connectivity index (χ2n) is 13.5. The Morgan fingerprint density at radius 1 is 0.346 bits per heavy atom. The first-order valence-electron chi connectivity index (χ1n) is 17.9. The molecule has 0 bridgehead atoms. The molecule has 0 radical (unpaired) electrons. The molecule has 52 heavy (non-hydrogen) atoms. The van der Waals surface area contributed by atoms with Gasteiger partial charge < -0.3 is 9.80 Å².